The van der Waals surface area contributed by atoms with Crippen molar-refractivity contribution >= 4 is 16.9 Å². The molecule has 0 aliphatic carbocycles. The average Bonchev–Trinajstić information content (AvgIpc) is 2.66. The van der Waals surface area contributed by atoms with Crippen LogP contribution in [0.4, 0.5) is 26.3 Å². The topological polar surface area (TPSA) is 40.1 Å². The van der Waals surface area contributed by atoms with Crippen molar-refractivity contribution in [2.24, 2.45) is 0 Å². The molecule has 0 unspecified atom stereocenters. The summed E-state index contributed by atoms with van der Waals surface area (Å²) in [5.74, 6) is -8.41. The van der Waals surface area contributed by atoms with E-state index in [1.165, 1.54) is 24.3 Å². The van der Waals surface area contributed by atoms with Crippen molar-refractivity contribution in [2.75, 3.05) is 0 Å². The van der Waals surface area contributed by atoms with Crippen LogP contribution in [0.2, 0.25) is 0 Å². The molecule has 0 fully saturated rings. The molecule has 0 spiro atoms. The summed E-state index contributed by atoms with van der Waals surface area (Å²) in [6, 6.07) is 9.23. The molecule has 0 heterocycles. The van der Waals surface area contributed by atoms with Crippen molar-refractivity contribution < 1.29 is 36.2 Å². The summed E-state index contributed by atoms with van der Waals surface area (Å²) < 4.78 is 83.6. The number of hydrogen-bond donors (Lipinski definition) is 0. The Kier molecular flexibility index (Phi) is 8.56. The van der Waals surface area contributed by atoms with Crippen LogP contribution in [0.3, 0.4) is 0 Å². The van der Waals surface area contributed by atoms with Gasteiger partial charge in [-0.05, 0) is 18.6 Å². The number of benzene rings is 3. The summed E-state index contributed by atoms with van der Waals surface area (Å²) in [6.45, 7) is 1.80. The summed E-state index contributed by atoms with van der Waals surface area (Å²) >= 11 is 0. The molecule has 164 valence electrons. The molecule has 0 radical (unpaired) electrons. The van der Waals surface area contributed by atoms with Gasteiger partial charge in [0.2, 0.25) is 9.79 Å². The number of aliphatic carboxylic acids is 1. The van der Waals surface area contributed by atoms with Gasteiger partial charge in [-0.3, -0.25) is 0 Å². The second-order valence-electron chi connectivity index (χ2n) is 6.14. The smallest absolute Gasteiger partial charge is 0.237 e. The van der Waals surface area contributed by atoms with E-state index in [4.69, 9.17) is 0 Å². The SMILES string of the molecule is CCCC(=O)[O-].Fc1cc(F)c([S+](c2ccccc2)c2c(F)cc(F)cc2F)c(F)c1. The Morgan fingerprint density at radius 1 is 0.774 bits per heavy atom. The quantitative estimate of drug-likeness (QED) is 0.392. The molecule has 31 heavy (non-hydrogen) atoms. The van der Waals surface area contributed by atoms with Crippen molar-refractivity contribution in [2.45, 2.75) is 34.5 Å². The summed E-state index contributed by atoms with van der Waals surface area (Å²) in [4.78, 5) is 8.28. The molecule has 0 N–H and O–H groups in total. The van der Waals surface area contributed by atoms with E-state index in [9.17, 15) is 36.2 Å². The lowest BCUT2D eigenvalue weighted by atomic mass is 10.3. The minimum absolute atomic E-state index is 0.181. The van der Waals surface area contributed by atoms with Crippen LogP contribution in [0, 0.1) is 34.9 Å². The highest BCUT2D eigenvalue weighted by atomic mass is 32.2. The molecule has 0 bridgehead atoms. The van der Waals surface area contributed by atoms with Gasteiger partial charge in [0.05, 0.1) is 0 Å². The molecule has 0 aliphatic rings. The number of rotatable bonds is 5. The summed E-state index contributed by atoms with van der Waals surface area (Å²) in [6.07, 6.45) is 0.850. The fourth-order valence-electron chi connectivity index (χ4n) is 2.55. The predicted octanol–water partition coefficient (Wildman–Crippen LogP) is 5.15. The van der Waals surface area contributed by atoms with Gasteiger partial charge in [-0.2, -0.15) is 0 Å². The summed E-state index contributed by atoms with van der Waals surface area (Å²) in [7, 11) is -1.91. The van der Waals surface area contributed by atoms with Gasteiger partial charge < -0.3 is 9.90 Å². The van der Waals surface area contributed by atoms with Gasteiger partial charge in [0, 0.05) is 30.2 Å². The molecule has 3 aromatic carbocycles. The molecular weight excluding hydrogens is 442 g/mol. The summed E-state index contributed by atoms with van der Waals surface area (Å²) in [5.41, 5.74) is 0. The van der Waals surface area contributed by atoms with Gasteiger partial charge in [0.15, 0.2) is 28.2 Å². The van der Waals surface area contributed by atoms with Crippen LogP contribution in [-0.4, -0.2) is 5.97 Å². The molecule has 9 heteroatoms. The first kappa shape index (κ1) is 24.3. The third-order valence-electron chi connectivity index (χ3n) is 3.77. The highest BCUT2D eigenvalue weighted by molar-refractivity contribution is 7.97. The van der Waals surface area contributed by atoms with Crippen LogP contribution < -0.4 is 5.11 Å². The van der Waals surface area contributed by atoms with Crippen molar-refractivity contribution in [1.82, 2.24) is 0 Å². The first-order valence-corrected chi connectivity index (χ1v) is 10.2. The fraction of sp³-hybridized carbons (Fsp3) is 0.136. The lowest BCUT2D eigenvalue weighted by Gasteiger charge is -2.11. The standard InChI is InChI=1S/C18H9F6S.C4H8O2/c19-10-6-13(21)17(14(22)7-10)25(12-4-2-1-3-5-12)18-15(23)8-11(20)9-16(18)24;1-2-3-4(5)6/h1-9H;2-3H2,1H3,(H,5,6)/q+1;/p-1. The highest BCUT2D eigenvalue weighted by Crippen LogP contribution is 2.37. The molecule has 3 aromatic rings. The maximum atomic E-state index is 14.3. The molecule has 0 aromatic heterocycles. The Bertz CT molecular complexity index is 956. The molecule has 3 rings (SSSR count). The van der Waals surface area contributed by atoms with Gasteiger partial charge in [-0.1, -0.05) is 31.5 Å². The van der Waals surface area contributed by atoms with Gasteiger partial charge >= 0.3 is 0 Å². The highest BCUT2D eigenvalue weighted by Gasteiger charge is 2.40. The second-order valence-corrected chi connectivity index (χ2v) is 8.04. The van der Waals surface area contributed by atoms with Crippen LogP contribution in [0.1, 0.15) is 19.8 Å². The largest absolute Gasteiger partial charge is 0.550 e. The minimum Gasteiger partial charge on any atom is -0.550 e. The van der Waals surface area contributed by atoms with E-state index >= 15 is 0 Å². The monoisotopic (exact) mass is 458 g/mol. The van der Waals surface area contributed by atoms with Gasteiger partial charge in [0.1, 0.15) is 22.5 Å². The maximum absolute atomic E-state index is 14.3. The van der Waals surface area contributed by atoms with Gasteiger partial charge in [-0.15, -0.1) is 0 Å². The van der Waals surface area contributed by atoms with Crippen molar-refractivity contribution in [3.63, 3.8) is 0 Å². The molecule has 0 atom stereocenters. The number of carboxylic acid groups (broad SMARTS) is 1. The van der Waals surface area contributed by atoms with Crippen molar-refractivity contribution in [1.29, 1.82) is 0 Å². The Labute approximate surface area is 177 Å². The van der Waals surface area contributed by atoms with E-state index in [0.29, 0.717) is 30.7 Å². The van der Waals surface area contributed by atoms with E-state index in [2.05, 4.69) is 0 Å². The van der Waals surface area contributed by atoms with Crippen LogP contribution in [0.15, 0.2) is 69.3 Å². The van der Waals surface area contributed by atoms with Gasteiger partial charge in [-0.25, -0.2) is 26.3 Å². The van der Waals surface area contributed by atoms with Gasteiger partial charge in [0.25, 0.3) is 0 Å². The number of carbonyl (C=O) groups excluding carboxylic acids is 1. The van der Waals surface area contributed by atoms with E-state index < -0.39 is 61.6 Å². The molecule has 0 aliphatic heterocycles. The maximum Gasteiger partial charge on any atom is 0.237 e. The first-order chi connectivity index (χ1) is 14.6. The first-order valence-electron chi connectivity index (χ1n) is 8.94. The third kappa shape index (κ3) is 6.27. The minimum atomic E-state index is -1.91. The fourth-order valence-corrected chi connectivity index (χ4v) is 4.67. The second kappa shape index (κ2) is 10.9. The molecule has 0 saturated carbocycles. The Hall–Kier alpha value is -2.94. The molecular formula is C22H16F6O2S. The number of carbonyl (C=O) groups is 1. The zero-order valence-corrected chi connectivity index (χ0v) is 16.9. The van der Waals surface area contributed by atoms with Crippen LogP contribution in [0.25, 0.3) is 0 Å². The van der Waals surface area contributed by atoms with Crippen LogP contribution >= 0.6 is 0 Å². The van der Waals surface area contributed by atoms with E-state index in [1.807, 2.05) is 0 Å². The molecule has 2 nitrogen and oxygen atoms in total. The lowest BCUT2D eigenvalue weighted by Crippen LogP contribution is -2.20. The van der Waals surface area contributed by atoms with E-state index in [0.717, 1.165) is 0 Å². The normalized spacial score (nSPS) is 10.6. The zero-order chi connectivity index (χ0) is 23.1. The molecule has 0 saturated heterocycles. The molecule has 0 amide bonds. The predicted molar refractivity (Wildman–Crippen MR) is 101 cm³/mol. The van der Waals surface area contributed by atoms with E-state index in [-0.39, 0.29) is 11.3 Å². The van der Waals surface area contributed by atoms with Crippen LogP contribution in [0.5, 0.6) is 0 Å². The average molecular weight is 458 g/mol. The van der Waals surface area contributed by atoms with Crippen molar-refractivity contribution in [3.8, 4) is 0 Å². The zero-order valence-electron chi connectivity index (χ0n) is 16.1. The third-order valence-corrected chi connectivity index (χ3v) is 6.11. The number of hydrogen-bond acceptors (Lipinski definition) is 2. The van der Waals surface area contributed by atoms with E-state index in [1.54, 1.807) is 13.0 Å². The summed E-state index contributed by atoms with van der Waals surface area (Å²) in [5, 5.41) is 9.49. The Balaban J connectivity index is 0.000000501. The number of halogens is 6. The Morgan fingerprint density at radius 3 is 1.45 bits per heavy atom. The Morgan fingerprint density at radius 2 is 1.16 bits per heavy atom. The number of carboxylic acids is 1. The lowest BCUT2D eigenvalue weighted by molar-refractivity contribution is -0.305. The van der Waals surface area contributed by atoms with Crippen molar-refractivity contribution in [3.05, 3.63) is 89.5 Å². The van der Waals surface area contributed by atoms with Crippen LogP contribution in [-0.2, 0) is 15.7 Å².